The summed E-state index contributed by atoms with van der Waals surface area (Å²) < 4.78 is 12.1. The number of aromatic amines is 2. The number of hydrogen-bond acceptors (Lipinski definition) is 7. The van der Waals surface area contributed by atoms with Gasteiger partial charge in [0.25, 0.3) is 0 Å². The van der Waals surface area contributed by atoms with Crippen molar-refractivity contribution in [3.8, 4) is 23.0 Å². The van der Waals surface area contributed by atoms with Crippen molar-refractivity contribution in [2.45, 2.75) is 13.8 Å². The summed E-state index contributed by atoms with van der Waals surface area (Å²) in [5.74, 6) is 0.820. The van der Waals surface area contributed by atoms with Crippen LogP contribution in [0.5, 0.6) is 11.5 Å². The highest BCUT2D eigenvalue weighted by molar-refractivity contribution is 7.71. The molecule has 3 rings (SSSR count). The number of hydrogen-bond donors (Lipinski definition) is 2. The van der Waals surface area contributed by atoms with Gasteiger partial charge in [-0.3, -0.25) is 9.89 Å². The molecule has 2 N–H and O–H groups in total. The molecule has 0 unspecified atom stereocenters. The van der Waals surface area contributed by atoms with Crippen LogP contribution in [0.2, 0.25) is 0 Å². The average Bonchev–Trinajstić information content (AvgIpc) is 3.19. The van der Waals surface area contributed by atoms with E-state index in [1.54, 1.807) is 24.4 Å². The summed E-state index contributed by atoms with van der Waals surface area (Å²) in [7, 11) is 1.49. The van der Waals surface area contributed by atoms with E-state index in [0.29, 0.717) is 27.8 Å². The van der Waals surface area contributed by atoms with Gasteiger partial charge in [0.2, 0.25) is 10.6 Å². The lowest BCUT2D eigenvalue weighted by atomic mass is 10.2. The summed E-state index contributed by atoms with van der Waals surface area (Å²) in [5, 5.41) is 18.2. The minimum Gasteiger partial charge on any atom is -0.493 e. The third kappa shape index (κ3) is 3.70. The fraction of sp³-hybridized carbons (Fsp3) is 0.188. The molecule has 0 aliphatic heterocycles. The van der Waals surface area contributed by atoms with Crippen molar-refractivity contribution in [1.82, 2.24) is 25.1 Å². The van der Waals surface area contributed by atoms with Gasteiger partial charge in [0.1, 0.15) is 5.69 Å². The van der Waals surface area contributed by atoms with Crippen LogP contribution in [-0.2, 0) is 4.79 Å². The Labute approximate surface area is 153 Å². The first kappa shape index (κ1) is 17.5. The van der Waals surface area contributed by atoms with Crippen LogP contribution in [0.15, 0.2) is 29.4 Å². The van der Waals surface area contributed by atoms with E-state index in [4.69, 9.17) is 21.7 Å². The average molecular weight is 372 g/mol. The van der Waals surface area contributed by atoms with E-state index in [2.05, 4.69) is 25.5 Å². The Morgan fingerprint density at radius 3 is 2.73 bits per heavy atom. The molecule has 2 heterocycles. The summed E-state index contributed by atoms with van der Waals surface area (Å²) in [6.45, 7) is 3.22. The molecule has 0 atom stereocenters. The lowest BCUT2D eigenvalue weighted by molar-refractivity contribution is -0.132. The molecule has 2 aromatic heterocycles. The zero-order valence-electron chi connectivity index (χ0n) is 14.3. The van der Waals surface area contributed by atoms with Crippen LogP contribution in [-0.4, -0.2) is 44.4 Å². The van der Waals surface area contributed by atoms with Gasteiger partial charge in [-0.05, 0) is 49.0 Å². The quantitative estimate of drug-likeness (QED) is 0.308. The minimum atomic E-state index is -0.423. The van der Waals surface area contributed by atoms with Crippen molar-refractivity contribution in [2.75, 3.05) is 7.11 Å². The van der Waals surface area contributed by atoms with Crippen LogP contribution in [0.4, 0.5) is 0 Å². The van der Waals surface area contributed by atoms with Crippen LogP contribution in [0.25, 0.3) is 11.5 Å². The Balaban J connectivity index is 1.92. The monoisotopic (exact) mass is 372 g/mol. The maximum atomic E-state index is 11.1. The molecule has 1 aromatic carbocycles. The van der Waals surface area contributed by atoms with E-state index >= 15 is 0 Å². The van der Waals surface area contributed by atoms with Gasteiger partial charge >= 0.3 is 5.97 Å². The van der Waals surface area contributed by atoms with Gasteiger partial charge in [0.05, 0.1) is 13.3 Å². The molecule has 0 saturated carbocycles. The van der Waals surface area contributed by atoms with E-state index in [9.17, 15) is 4.79 Å². The van der Waals surface area contributed by atoms with Crippen LogP contribution in [0, 0.1) is 11.7 Å². The van der Waals surface area contributed by atoms with E-state index in [-0.39, 0.29) is 0 Å². The van der Waals surface area contributed by atoms with Crippen LogP contribution in [0.1, 0.15) is 18.2 Å². The second-order valence-electron chi connectivity index (χ2n) is 5.35. The first-order valence-electron chi connectivity index (χ1n) is 7.58. The summed E-state index contributed by atoms with van der Waals surface area (Å²) >= 11 is 5.22. The van der Waals surface area contributed by atoms with E-state index < -0.39 is 5.97 Å². The molecule has 134 valence electrons. The molecule has 0 aliphatic rings. The lowest BCUT2D eigenvalue weighted by Gasteiger charge is -2.08. The van der Waals surface area contributed by atoms with Gasteiger partial charge < -0.3 is 9.47 Å². The van der Waals surface area contributed by atoms with Crippen LogP contribution < -0.4 is 9.47 Å². The number of carbonyl (C=O) groups is 1. The normalized spacial score (nSPS) is 11.0. The highest BCUT2D eigenvalue weighted by Crippen LogP contribution is 2.27. The number of esters is 1. The molecule has 0 amide bonds. The Hall–Kier alpha value is -3.27. The molecule has 0 radical (unpaired) electrons. The van der Waals surface area contributed by atoms with Crippen molar-refractivity contribution in [3.63, 3.8) is 0 Å². The number of aromatic nitrogens is 5. The number of nitrogens with one attached hydrogen (secondary N) is 2. The maximum absolute atomic E-state index is 11.1. The van der Waals surface area contributed by atoms with Gasteiger partial charge in [0, 0.05) is 12.6 Å². The number of ether oxygens (including phenoxy) is 2. The highest BCUT2D eigenvalue weighted by Gasteiger charge is 2.11. The number of aryl methyl sites for hydroxylation is 1. The van der Waals surface area contributed by atoms with Gasteiger partial charge in [-0.15, -0.1) is 0 Å². The molecule has 0 spiro atoms. The maximum Gasteiger partial charge on any atom is 0.308 e. The number of nitrogens with zero attached hydrogens (tertiary/aromatic N) is 4. The predicted octanol–water partition coefficient (Wildman–Crippen LogP) is 2.46. The van der Waals surface area contributed by atoms with Crippen molar-refractivity contribution in [2.24, 2.45) is 5.10 Å². The number of benzene rings is 1. The third-order valence-corrected chi connectivity index (χ3v) is 3.61. The largest absolute Gasteiger partial charge is 0.493 e. The zero-order valence-corrected chi connectivity index (χ0v) is 15.1. The summed E-state index contributed by atoms with van der Waals surface area (Å²) in [4.78, 5) is 11.1. The zero-order chi connectivity index (χ0) is 18.7. The van der Waals surface area contributed by atoms with E-state index in [0.717, 1.165) is 11.3 Å². The summed E-state index contributed by atoms with van der Waals surface area (Å²) in [5.41, 5.74) is 2.25. The molecule has 0 aliphatic carbocycles. The molecule has 0 fully saturated rings. The first-order chi connectivity index (χ1) is 12.5. The second-order valence-corrected chi connectivity index (χ2v) is 5.74. The van der Waals surface area contributed by atoms with Crippen molar-refractivity contribution in [3.05, 3.63) is 40.3 Å². The molecule has 0 bridgehead atoms. The van der Waals surface area contributed by atoms with E-state index in [1.807, 2.05) is 13.0 Å². The number of methoxy groups -OCH3 is 1. The minimum absolute atomic E-state index is 0.334. The van der Waals surface area contributed by atoms with Crippen molar-refractivity contribution in [1.29, 1.82) is 0 Å². The fourth-order valence-corrected chi connectivity index (χ4v) is 2.40. The van der Waals surface area contributed by atoms with E-state index in [1.165, 1.54) is 18.7 Å². The fourth-order valence-electron chi connectivity index (χ4n) is 2.23. The molecule has 9 nitrogen and oxygen atoms in total. The number of H-pyrrole nitrogens is 2. The predicted molar refractivity (Wildman–Crippen MR) is 97.0 cm³/mol. The van der Waals surface area contributed by atoms with Gasteiger partial charge in [-0.1, -0.05) is 0 Å². The number of carbonyl (C=O) groups excluding carboxylic acids is 1. The van der Waals surface area contributed by atoms with Gasteiger partial charge in [-0.2, -0.15) is 20.0 Å². The van der Waals surface area contributed by atoms with Gasteiger partial charge in [-0.25, -0.2) is 5.10 Å². The Bertz CT molecular complexity index is 1030. The molecule has 3 aromatic rings. The molecule has 10 heteroatoms. The summed E-state index contributed by atoms with van der Waals surface area (Å²) in [6, 6.07) is 6.91. The topological polar surface area (TPSA) is 110 Å². The molecule has 26 heavy (non-hydrogen) atoms. The smallest absolute Gasteiger partial charge is 0.308 e. The Kier molecular flexibility index (Phi) is 4.94. The first-order valence-corrected chi connectivity index (χ1v) is 7.99. The second kappa shape index (κ2) is 7.31. The van der Waals surface area contributed by atoms with Crippen molar-refractivity contribution < 1.29 is 14.3 Å². The lowest BCUT2D eigenvalue weighted by Crippen LogP contribution is -2.03. The molecular formula is C16H16N6O3S. The Morgan fingerprint density at radius 2 is 2.08 bits per heavy atom. The molecular weight excluding hydrogens is 356 g/mol. The van der Waals surface area contributed by atoms with Gasteiger partial charge in [0.15, 0.2) is 11.5 Å². The van der Waals surface area contributed by atoms with Crippen molar-refractivity contribution >= 4 is 24.4 Å². The highest BCUT2D eigenvalue weighted by atomic mass is 32.1. The third-order valence-electron chi connectivity index (χ3n) is 3.35. The Morgan fingerprint density at radius 1 is 1.27 bits per heavy atom. The van der Waals surface area contributed by atoms with Crippen LogP contribution >= 0.6 is 12.2 Å². The SMILES string of the molecule is COc1cc(/C=N/n2c(-c3cc(C)[nH]n3)n[nH]c2=S)ccc1OC(C)=O. The summed E-state index contributed by atoms with van der Waals surface area (Å²) in [6.07, 6.45) is 1.59. The molecule has 0 saturated heterocycles. The van der Waals surface area contributed by atoms with Crippen LogP contribution in [0.3, 0.4) is 0 Å². The number of rotatable bonds is 5. The standard InChI is InChI=1S/C16H16N6O3S/c1-9-6-12(19-18-9)15-20-21-16(26)22(15)17-8-11-4-5-13(25-10(2)23)14(7-11)24-3/h4-8H,1-3H3,(H,18,19)(H,21,26)/b17-8+.